The number of H-pyrrole nitrogens is 1. The maximum Gasteiger partial charge on any atom is 0.416 e. The summed E-state index contributed by atoms with van der Waals surface area (Å²) >= 11 is 0. The van der Waals surface area contributed by atoms with Crippen LogP contribution in [0.2, 0.25) is 0 Å². The summed E-state index contributed by atoms with van der Waals surface area (Å²) in [5.74, 6) is 0. The van der Waals surface area contributed by atoms with E-state index in [1.54, 1.807) is 0 Å². The number of hydrogen-bond acceptors (Lipinski definition) is 2. The third-order valence-electron chi connectivity index (χ3n) is 3.95. The highest BCUT2D eigenvalue weighted by molar-refractivity contribution is 5.34. The zero-order chi connectivity index (χ0) is 20.7. The molecule has 2 aromatic carbocycles. The summed E-state index contributed by atoms with van der Waals surface area (Å²) in [4.78, 5) is 24.4. The smallest absolute Gasteiger partial charge is 0.246 e. The molecule has 5 nitrogen and oxygen atoms in total. The van der Waals surface area contributed by atoms with Gasteiger partial charge in [-0.1, -0.05) is 12.1 Å². The second kappa shape index (κ2) is 6.73. The van der Waals surface area contributed by atoms with Crippen molar-refractivity contribution in [3.8, 4) is 5.69 Å². The highest BCUT2D eigenvalue weighted by Crippen LogP contribution is 2.30. The van der Waals surface area contributed by atoms with Crippen LogP contribution in [0.5, 0.6) is 0 Å². The normalized spacial score (nSPS) is 12.4. The summed E-state index contributed by atoms with van der Waals surface area (Å²) < 4.78 is 77.1. The minimum atomic E-state index is -4.55. The van der Waals surface area contributed by atoms with Crippen LogP contribution in [0.25, 0.3) is 5.69 Å². The van der Waals surface area contributed by atoms with Crippen molar-refractivity contribution in [1.82, 2.24) is 14.3 Å². The van der Waals surface area contributed by atoms with Gasteiger partial charge in [0.05, 0.1) is 23.4 Å². The Hall–Kier alpha value is -3.24. The van der Waals surface area contributed by atoms with Crippen LogP contribution in [-0.4, -0.2) is 14.3 Å². The van der Waals surface area contributed by atoms with Gasteiger partial charge in [0.2, 0.25) is 0 Å². The zero-order valence-corrected chi connectivity index (χ0v) is 13.8. The molecule has 0 aliphatic rings. The van der Waals surface area contributed by atoms with Crippen molar-refractivity contribution in [3.63, 3.8) is 0 Å². The monoisotopic (exact) mass is 403 g/mol. The lowest BCUT2D eigenvalue weighted by Gasteiger charge is -2.08. The van der Waals surface area contributed by atoms with E-state index in [1.807, 2.05) is 0 Å². The predicted octanol–water partition coefficient (Wildman–Crippen LogP) is 3.41. The molecular weight excluding hydrogens is 392 g/mol. The fourth-order valence-corrected chi connectivity index (χ4v) is 2.51. The minimum Gasteiger partial charge on any atom is -0.246 e. The number of alkyl halides is 6. The Morgan fingerprint density at radius 3 is 1.68 bits per heavy atom. The van der Waals surface area contributed by atoms with E-state index in [2.05, 4.69) is 5.10 Å². The maximum atomic E-state index is 12.6. The zero-order valence-electron chi connectivity index (χ0n) is 13.8. The van der Waals surface area contributed by atoms with Crippen molar-refractivity contribution in [3.05, 3.63) is 86.2 Å². The highest BCUT2D eigenvalue weighted by Gasteiger charge is 2.31. The van der Waals surface area contributed by atoms with Crippen molar-refractivity contribution >= 4 is 0 Å². The number of benzene rings is 2. The third-order valence-corrected chi connectivity index (χ3v) is 3.95. The molecule has 1 heterocycles. The van der Waals surface area contributed by atoms with Crippen LogP contribution in [0, 0.1) is 0 Å². The number of nitrogens with zero attached hydrogens (tertiary/aromatic N) is 2. The SMILES string of the molecule is O=c1[nH]n(-c2ccc(C(F)(F)F)cc2)c(=O)n1Cc1ccc(C(F)(F)F)cc1. The second-order valence-electron chi connectivity index (χ2n) is 5.86. The first-order valence-electron chi connectivity index (χ1n) is 7.72. The average molecular weight is 403 g/mol. The van der Waals surface area contributed by atoms with Gasteiger partial charge in [-0.3, -0.25) is 0 Å². The summed E-state index contributed by atoms with van der Waals surface area (Å²) in [7, 11) is 0. The van der Waals surface area contributed by atoms with Gasteiger partial charge in [0.25, 0.3) is 0 Å². The molecule has 0 aliphatic heterocycles. The Morgan fingerprint density at radius 1 is 0.750 bits per heavy atom. The molecule has 11 heteroatoms. The van der Waals surface area contributed by atoms with Crippen LogP contribution in [0.15, 0.2) is 58.1 Å². The summed E-state index contributed by atoms with van der Waals surface area (Å²) in [6.07, 6.45) is -9.07. The molecule has 28 heavy (non-hydrogen) atoms. The molecule has 1 aromatic heterocycles. The Kier molecular flexibility index (Phi) is 4.69. The molecular formula is C17H11F6N3O2. The number of rotatable bonds is 3. The summed E-state index contributed by atoms with van der Waals surface area (Å²) in [5.41, 5.74) is -3.25. The van der Waals surface area contributed by atoms with Gasteiger partial charge in [-0.15, -0.1) is 0 Å². The summed E-state index contributed by atoms with van der Waals surface area (Å²) in [6.45, 7) is -0.306. The number of aromatic nitrogens is 3. The van der Waals surface area contributed by atoms with Crippen molar-refractivity contribution in [2.45, 2.75) is 18.9 Å². The quantitative estimate of drug-likeness (QED) is 0.682. The van der Waals surface area contributed by atoms with Gasteiger partial charge < -0.3 is 0 Å². The van der Waals surface area contributed by atoms with E-state index >= 15 is 0 Å². The maximum absolute atomic E-state index is 12.6. The van der Waals surface area contributed by atoms with Gasteiger partial charge in [0.15, 0.2) is 0 Å². The van der Waals surface area contributed by atoms with Crippen molar-refractivity contribution < 1.29 is 26.3 Å². The molecule has 0 spiro atoms. The van der Waals surface area contributed by atoms with E-state index in [4.69, 9.17) is 0 Å². The molecule has 0 saturated heterocycles. The fraction of sp³-hybridized carbons (Fsp3) is 0.176. The van der Waals surface area contributed by atoms with Gasteiger partial charge in [-0.2, -0.15) is 26.3 Å². The number of aromatic amines is 1. The van der Waals surface area contributed by atoms with E-state index in [-0.39, 0.29) is 17.8 Å². The Labute approximate surface area is 152 Å². The van der Waals surface area contributed by atoms with Gasteiger partial charge in [-0.05, 0) is 42.0 Å². The van der Waals surface area contributed by atoms with E-state index in [0.29, 0.717) is 0 Å². The van der Waals surface area contributed by atoms with Crippen molar-refractivity contribution in [2.24, 2.45) is 0 Å². The molecule has 1 N–H and O–H groups in total. The Morgan fingerprint density at radius 2 is 1.21 bits per heavy atom. The lowest BCUT2D eigenvalue weighted by Crippen LogP contribution is -2.29. The van der Waals surface area contributed by atoms with Crippen LogP contribution in [0.1, 0.15) is 16.7 Å². The van der Waals surface area contributed by atoms with E-state index in [1.165, 1.54) is 0 Å². The molecule has 0 fully saturated rings. The molecule has 0 radical (unpaired) electrons. The molecule has 0 amide bonds. The standard InChI is InChI=1S/C17H11F6N3O2/c18-16(19,20)11-3-1-10(2-4-11)9-25-14(27)24-26(15(25)28)13-7-5-12(6-8-13)17(21,22)23/h1-8H,9H2,(H,24,27). The molecule has 0 bridgehead atoms. The van der Waals surface area contributed by atoms with E-state index in [0.717, 1.165) is 57.8 Å². The largest absolute Gasteiger partial charge is 0.416 e. The molecule has 148 valence electrons. The Bertz CT molecular complexity index is 1090. The second-order valence-corrected chi connectivity index (χ2v) is 5.86. The lowest BCUT2D eigenvalue weighted by atomic mass is 10.1. The van der Waals surface area contributed by atoms with Crippen LogP contribution in [-0.2, 0) is 18.9 Å². The topological polar surface area (TPSA) is 59.8 Å². The van der Waals surface area contributed by atoms with Gasteiger partial charge >= 0.3 is 23.7 Å². The summed E-state index contributed by atoms with van der Waals surface area (Å²) in [6, 6.07) is 7.45. The Balaban J connectivity index is 1.90. The number of hydrogen-bond donors (Lipinski definition) is 1. The average Bonchev–Trinajstić information content (AvgIpc) is 2.89. The molecule has 3 aromatic rings. The number of nitrogens with one attached hydrogen (secondary N) is 1. The lowest BCUT2D eigenvalue weighted by molar-refractivity contribution is -0.138. The molecule has 3 rings (SSSR count). The van der Waals surface area contributed by atoms with E-state index < -0.39 is 34.9 Å². The van der Waals surface area contributed by atoms with Gasteiger partial charge in [0, 0.05) is 0 Å². The molecule has 0 aliphatic carbocycles. The minimum absolute atomic E-state index is 0.00118. The van der Waals surface area contributed by atoms with Crippen molar-refractivity contribution in [1.29, 1.82) is 0 Å². The molecule has 0 saturated carbocycles. The highest BCUT2D eigenvalue weighted by atomic mass is 19.4. The van der Waals surface area contributed by atoms with Crippen molar-refractivity contribution in [2.75, 3.05) is 0 Å². The van der Waals surface area contributed by atoms with E-state index in [9.17, 15) is 35.9 Å². The molecule has 0 atom stereocenters. The fourth-order valence-electron chi connectivity index (χ4n) is 2.51. The van der Waals surface area contributed by atoms with Gasteiger partial charge in [0.1, 0.15) is 0 Å². The van der Waals surface area contributed by atoms with Gasteiger partial charge in [-0.25, -0.2) is 23.9 Å². The van der Waals surface area contributed by atoms with Crippen LogP contribution < -0.4 is 11.4 Å². The van der Waals surface area contributed by atoms with Crippen LogP contribution in [0.3, 0.4) is 0 Å². The third kappa shape index (κ3) is 3.87. The summed E-state index contributed by atoms with van der Waals surface area (Å²) in [5, 5.41) is 2.19. The molecule has 0 unspecified atom stereocenters. The first kappa shape index (κ1) is 19.5. The van der Waals surface area contributed by atoms with Crippen LogP contribution >= 0.6 is 0 Å². The first-order chi connectivity index (χ1) is 13.0. The predicted molar refractivity (Wildman–Crippen MR) is 86.2 cm³/mol. The first-order valence-corrected chi connectivity index (χ1v) is 7.72. The van der Waals surface area contributed by atoms with Crippen LogP contribution in [0.4, 0.5) is 26.3 Å². The number of halogens is 6.